The maximum absolute atomic E-state index is 12.1. The summed E-state index contributed by atoms with van der Waals surface area (Å²) < 4.78 is 12.3. The van der Waals surface area contributed by atoms with Crippen LogP contribution in [0.4, 0.5) is 5.69 Å². The molecule has 26 heavy (non-hydrogen) atoms. The molecule has 0 saturated carbocycles. The number of benzene rings is 1. The molecule has 1 N–H and O–H groups in total. The van der Waals surface area contributed by atoms with Crippen molar-refractivity contribution in [3.8, 4) is 11.5 Å². The van der Waals surface area contributed by atoms with Crippen LogP contribution < -0.4 is 14.8 Å². The number of nitrogens with zero attached hydrogens (tertiary/aromatic N) is 3. The van der Waals surface area contributed by atoms with Crippen molar-refractivity contribution in [1.82, 2.24) is 15.1 Å². The van der Waals surface area contributed by atoms with Crippen molar-refractivity contribution in [3.63, 3.8) is 0 Å². The summed E-state index contributed by atoms with van der Waals surface area (Å²) in [6, 6.07) is 5.46. The fourth-order valence-corrected chi connectivity index (χ4v) is 2.38. The number of aromatic nitrogens is 2. The molecule has 0 aliphatic carbocycles. The number of carbonyl (C=O) groups excluding carboxylic acids is 1. The van der Waals surface area contributed by atoms with Gasteiger partial charge in [-0.1, -0.05) is 6.07 Å². The molecule has 1 aromatic heterocycles. The van der Waals surface area contributed by atoms with Crippen LogP contribution in [-0.4, -0.2) is 33.8 Å². The second-order valence-electron chi connectivity index (χ2n) is 5.48. The Morgan fingerprint density at radius 2 is 1.96 bits per heavy atom. The molecule has 1 amide bonds. The van der Waals surface area contributed by atoms with Crippen LogP contribution in [0.5, 0.6) is 11.5 Å². The van der Waals surface area contributed by atoms with Crippen molar-refractivity contribution in [3.05, 3.63) is 45.8 Å². The topological polar surface area (TPSA) is 109 Å². The van der Waals surface area contributed by atoms with Gasteiger partial charge in [0.25, 0.3) is 0 Å². The number of hydrogen-bond donors (Lipinski definition) is 1. The largest absolute Gasteiger partial charge is 0.490 e. The smallest absolute Gasteiger partial charge is 0.309 e. The van der Waals surface area contributed by atoms with Gasteiger partial charge in [0.2, 0.25) is 5.91 Å². The first kappa shape index (κ1) is 19.2. The van der Waals surface area contributed by atoms with Crippen molar-refractivity contribution in [2.75, 3.05) is 13.2 Å². The number of nitrogens with one attached hydrogen (secondary N) is 1. The zero-order valence-corrected chi connectivity index (χ0v) is 15.0. The summed E-state index contributed by atoms with van der Waals surface area (Å²) in [7, 11) is 0. The van der Waals surface area contributed by atoms with Gasteiger partial charge in [0.05, 0.1) is 18.1 Å². The Bertz CT molecular complexity index is 787. The van der Waals surface area contributed by atoms with Gasteiger partial charge < -0.3 is 14.8 Å². The van der Waals surface area contributed by atoms with E-state index in [1.807, 2.05) is 26.0 Å². The molecule has 2 rings (SSSR count). The number of aryl methyl sites for hydroxylation is 1. The van der Waals surface area contributed by atoms with Crippen LogP contribution >= 0.6 is 0 Å². The first-order valence-electron chi connectivity index (χ1n) is 8.28. The predicted molar refractivity (Wildman–Crippen MR) is 94.2 cm³/mol. The molecule has 0 saturated heterocycles. The average Bonchev–Trinajstić information content (AvgIpc) is 2.96. The highest BCUT2D eigenvalue weighted by Gasteiger charge is 2.16. The third-order valence-electron chi connectivity index (χ3n) is 3.52. The quantitative estimate of drug-likeness (QED) is 0.541. The maximum atomic E-state index is 12.1. The predicted octanol–water partition coefficient (Wildman–Crippen LogP) is 2.21. The summed E-state index contributed by atoms with van der Waals surface area (Å²) in [5, 5.41) is 17.6. The monoisotopic (exact) mass is 362 g/mol. The minimum atomic E-state index is -0.522. The van der Waals surface area contributed by atoms with Crippen LogP contribution in [0, 0.1) is 17.0 Å². The van der Waals surface area contributed by atoms with Crippen LogP contribution in [-0.2, 0) is 17.9 Å². The molecular formula is C17H22N4O5. The first-order valence-corrected chi connectivity index (χ1v) is 8.28. The minimum Gasteiger partial charge on any atom is -0.490 e. The highest BCUT2D eigenvalue weighted by molar-refractivity contribution is 5.75. The summed E-state index contributed by atoms with van der Waals surface area (Å²) in [4.78, 5) is 22.4. The lowest BCUT2D eigenvalue weighted by Crippen LogP contribution is -2.27. The third-order valence-corrected chi connectivity index (χ3v) is 3.52. The van der Waals surface area contributed by atoms with Crippen LogP contribution in [0.2, 0.25) is 0 Å². The molecule has 0 radical (unpaired) electrons. The van der Waals surface area contributed by atoms with E-state index in [1.165, 1.54) is 17.8 Å². The average molecular weight is 362 g/mol. The fourth-order valence-electron chi connectivity index (χ4n) is 2.38. The van der Waals surface area contributed by atoms with Crippen molar-refractivity contribution in [2.24, 2.45) is 0 Å². The Kier molecular flexibility index (Phi) is 6.54. The Balaban J connectivity index is 1.97. The van der Waals surface area contributed by atoms with E-state index in [4.69, 9.17) is 9.47 Å². The molecular weight excluding hydrogens is 340 g/mol. The highest BCUT2D eigenvalue weighted by Crippen LogP contribution is 2.28. The van der Waals surface area contributed by atoms with Crippen LogP contribution in [0.3, 0.4) is 0 Å². The number of nitro groups is 1. The fraction of sp³-hybridized carbons (Fsp3) is 0.412. The van der Waals surface area contributed by atoms with Gasteiger partial charge in [0, 0.05) is 6.54 Å². The lowest BCUT2D eigenvalue weighted by atomic mass is 10.2. The van der Waals surface area contributed by atoms with Gasteiger partial charge in [0.15, 0.2) is 11.5 Å². The Labute approximate surface area is 151 Å². The SMILES string of the molecule is CCOc1ccc(CNC(=O)Cn2cc([N+](=O)[O-])c(C)n2)cc1OCC. The van der Waals surface area contributed by atoms with E-state index in [-0.39, 0.29) is 23.8 Å². The zero-order chi connectivity index (χ0) is 19.1. The summed E-state index contributed by atoms with van der Waals surface area (Å²) in [5.41, 5.74) is 1.02. The van der Waals surface area contributed by atoms with Crippen molar-refractivity contribution in [1.29, 1.82) is 0 Å². The Morgan fingerprint density at radius 3 is 2.58 bits per heavy atom. The van der Waals surface area contributed by atoms with E-state index in [0.717, 1.165) is 5.56 Å². The van der Waals surface area contributed by atoms with E-state index in [1.54, 1.807) is 6.07 Å². The number of hydrogen-bond acceptors (Lipinski definition) is 6. The van der Waals surface area contributed by atoms with Gasteiger partial charge in [-0.2, -0.15) is 5.10 Å². The van der Waals surface area contributed by atoms with Gasteiger partial charge in [-0.25, -0.2) is 0 Å². The van der Waals surface area contributed by atoms with Crippen molar-refractivity contribution in [2.45, 2.75) is 33.9 Å². The van der Waals surface area contributed by atoms with Crippen LogP contribution in [0.1, 0.15) is 25.1 Å². The molecule has 0 spiro atoms. The van der Waals surface area contributed by atoms with E-state index in [2.05, 4.69) is 10.4 Å². The van der Waals surface area contributed by atoms with E-state index in [0.29, 0.717) is 31.3 Å². The normalized spacial score (nSPS) is 10.4. The second-order valence-corrected chi connectivity index (χ2v) is 5.48. The molecule has 0 unspecified atom stereocenters. The maximum Gasteiger partial charge on any atom is 0.309 e. The molecule has 0 aliphatic rings. The standard InChI is InChI=1S/C17H22N4O5/c1-4-25-15-7-6-13(8-16(15)26-5-2)9-18-17(22)11-20-10-14(21(23)24)12(3)19-20/h6-8,10H,4-5,9,11H2,1-3H3,(H,18,22). The summed E-state index contributed by atoms with van der Waals surface area (Å²) in [6.45, 7) is 6.55. The number of amides is 1. The molecule has 0 aliphatic heterocycles. The Hall–Kier alpha value is -3.10. The van der Waals surface area contributed by atoms with Crippen molar-refractivity contribution < 1.29 is 19.2 Å². The summed E-state index contributed by atoms with van der Waals surface area (Å²) >= 11 is 0. The summed E-state index contributed by atoms with van der Waals surface area (Å²) in [6.07, 6.45) is 1.25. The zero-order valence-electron chi connectivity index (χ0n) is 15.0. The molecule has 140 valence electrons. The van der Waals surface area contributed by atoms with Gasteiger partial charge in [0.1, 0.15) is 18.4 Å². The number of ether oxygens (including phenoxy) is 2. The first-order chi connectivity index (χ1) is 12.4. The molecule has 2 aromatic rings. The second kappa shape index (κ2) is 8.84. The van der Waals surface area contributed by atoms with Gasteiger partial charge >= 0.3 is 5.69 Å². The van der Waals surface area contributed by atoms with Crippen molar-refractivity contribution >= 4 is 11.6 Å². The molecule has 9 nitrogen and oxygen atoms in total. The van der Waals surface area contributed by atoms with E-state index >= 15 is 0 Å². The minimum absolute atomic E-state index is 0.0932. The van der Waals surface area contributed by atoms with E-state index < -0.39 is 4.92 Å². The molecule has 9 heteroatoms. The number of rotatable bonds is 9. The van der Waals surface area contributed by atoms with Gasteiger partial charge in [-0.15, -0.1) is 0 Å². The third kappa shape index (κ3) is 4.95. The molecule has 1 aromatic carbocycles. The highest BCUT2D eigenvalue weighted by atomic mass is 16.6. The lowest BCUT2D eigenvalue weighted by molar-refractivity contribution is -0.385. The Morgan fingerprint density at radius 1 is 1.27 bits per heavy atom. The van der Waals surface area contributed by atoms with Crippen LogP contribution in [0.15, 0.2) is 24.4 Å². The molecule has 1 heterocycles. The lowest BCUT2D eigenvalue weighted by Gasteiger charge is -2.13. The van der Waals surface area contributed by atoms with E-state index in [9.17, 15) is 14.9 Å². The van der Waals surface area contributed by atoms with Gasteiger partial charge in [-0.3, -0.25) is 19.6 Å². The molecule has 0 fully saturated rings. The summed E-state index contributed by atoms with van der Waals surface area (Å²) in [5.74, 6) is 0.984. The van der Waals surface area contributed by atoms with Gasteiger partial charge in [-0.05, 0) is 38.5 Å². The number of carbonyl (C=O) groups is 1. The molecule has 0 atom stereocenters. The molecule has 0 bridgehead atoms. The van der Waals surface area contributed by atoms with Crippen LogP contribution in [0.25, 0.3) is 0 Å².